The smallest absolute Gasteiger partial charge is 0.314 e. The Morgan fingerprint density at radius 2 is 2.06 bits per heavy atom. The van der Waals surface area contributed by atoms with Crippen molar-refractivity contribution in [3.8, 4) is 5.75 Å². The molecule has 1 aromatic carbocycles. The van der Waals surface area contributed by atoms with Crippen LogP contribution >= 0.6 is 0 Å². The van der Waals surface area contributed by atoms with E-state index in [1.165, 1.54) is 5.56 Å². The molecule has 0 saturated heterocycles. The van der Waals surface area contributed by atoms with Gasteiger partial charge in [-0.05, 0) is 30.4 Å². The summed E-state index contributed by atoms with van der Waals surface area (Å²) in [5, 5.41) is 9.30. The molecular weight excluding hydrogens is 216 g/mol. The summed E-state index contributed by atoms with van der Waals surface area (Å²) in [5.41, 5.74) is 1.30. The van der Waals surface area contributed by atoms with Gasteiger partial charge in [0.15, 0.2) is 0 Å². The van der Waals surface area contributed by atoms with Crippen LogP contribution in [0.5, 0.6) is 5.75 Å². The summed E-state index contributed by atoms with van der Waals surface area (Å²) < 4.78 is 5.35. The standard InChI is InChI=1S/C14H18O3/c1-9(2)10-4-5-11(12(8-10)17-3)14(6-7-14)13(15)16/h4-5,8-9H,6-7H2,1-3H3,(H,15,16). The zero-order chi connectivity index (χ0) is 12.6. The van der Waals surface area contributed by atoms with Gasteiger partial charge in [-0.15, -0.1) is 0 Å². The molecule has 1 fully saturated rings. The highest BCUT2D eigenvalue weighted by molar-refractivity contribution is 5.86. The van der Waals surface area contributed by atoms with Gasteiger partial charge in [-0.25, -0.2) is 0 Å². The average molecular weight is 234 g/mol. The Balaban J connectivity index is 2.45. The van der Waals surface area contributed by atoms with Crippen molar-refractivity contribution in [2.75, 3.05) is 7.11 Å². The number of rotatable bonds is 4. The van der Waals surface area contributed by atoms with Crippen LogP contribution in [-0.2, 0) is 10.2 Å². The van der Waals surface area contributed by atoms with Crippen molar-refractivity contribution in [2.24, 2.45) is 0 Å². The fourth-order valence-electron chi connectivity index (χ4n) is 2.19. The first-order valence-electron chi connectivity index (χ1n) is 5.93. The van der Waals surface area contributed by atoms with Crippen molar-refractivity contribution >= 4 is 5.97 Å². The lowest BCUT2D eigenvalue weighted by Gasteiger charge is -2.17. The molecular formula is C14H18O3. The maximum atomic E-state index is 11.3. The molecule has 0 unspecified atom stereocenters. The van der Waals surface area contributed by atoms with E-state index in [1.807, 2.05) is 18.2 Å². The Morgan fingerprint density at radius 1 is 1.41 bits per heavy atom. The van der Waals surface area contributed by atoms with Crippen molar-refractivity contribution in [2.45, 2.75) is 38.0 Å². The van der Waals surface area contributed by atoms with Crippen LogP contribution in [0, 0.1) is 0 Å². The molecule has 92 valence electrons. The van der Waals surface area contributed by atoms with Gasteiger partial charge in [0.05, 0.1) is 12.5 Å². The van der Waals surface area contributed by atoms with Crippen molar-refractivity contribution in [3.63, 3.8) is 0 Å². The highest BCUT2D eigenvalue weighted by atomic mass is 16.5. The number of ether oxygens (including phenoxy) is 1. The molecule has 0 aliphatic heterocycles. The minimum atomic E-state index is -0.743. The van der Waals surface area contributed by atoms with E-state index in [2.05, 4.69) is 13.8 Å². The number of benzene rings is 1. The first-order chi connectivity index (χ1) is 8.01. The molecule has 0 radical (unpaired) electrons. The van der Waals surface area contributed by atoms with Crippen molar-refractivity contribution in [1.82, 2.24) is 0 Å². The maximum absolute atomic E-state index is 11.3. The van der Waals surface area contributed by atoms with E-state index in [0.717, 1.165) is 5.56 Å². The molecule has 3 heteroatoms. The summed E-state index contributed by atoms with van der Waals surface area (Å²) in [6.07, 6.45) is 1.42. The lowest BCUT2D eigenvalue weighted by atomic mass is 9.92. The van der Waals surface area contributed by atoms with Gasteiger partial charge in [-0.2, -0.15) is 0 Å². The molecule has 0 atom stereocenters. The highest BCUT2D eigenvalue weighted by Gasteiger charge is 2.53. The fourth-order valence-corrected chi connectivity index (χ4v) is 2.19. The van der Waals surface area contributed by atoms with Gasteiger partial charge in [0.1, 0.15) is 5.75 Å². The molecule has 0 spiro atoms. The topological polar surface area (TPSA) is 46.5 Å². The van der Waals surface area contributed by atoms with Crippen LogP contribution in [0.2, 0.25) is 0 Å². The van der Waals surface area contributed by atoms with E-state index in [0.29, 0.717) is 24.5 Å². The summed E-state index contributed by atoms with van der Waals surface area (Å²) in [7, 11) is 1.60. The third-order valence-corrected chi connectivity index (χ3v) is 3.57. The summed E-state index contributed by atoms with van der Waals surface area (Å²) >= 11 is 0. The molecule has 2 rings (SSSR count). The monoisotopic (exact) mass is 234 g/mol. The molecule has 1 N–H and O–H groups in total. The van der Waals surface area contributed by atoms with Gasteiger partial charge in [0.25, 0.3) is 0 Å². The summed E-state index contributed by atoms with van der Waals surface area (Å²) in [6, 6.07) is 5.88. The Hall–Kier alpha value is -1.51. The number of aliphatic carboxylic acids is 1. The lowest BCUT2D eigenvalue weighted by molar-refractivity contribution is -0.140. The van der Waals surface area contributed by atoms with Crippen molar-refractivity contribution in [1.29, 1.82) is 0 Å². The van der Waals surface area contributed by atoms with Crippen LogP contribution in [-0.4, -0.2) is 18.2 Å². The van der Waals surface area contributed by atoms with Crippen molar-refractivity contribution < 1.29 is 14.6 Å². The molecule has 0 heterocycles. The van der Waals surface area contributed by atoms with Gasteiger partial charge in [0, 0.05) is 5.56 Å². The van der Waals surface area contributed by atoms with E-state index in [1.54, 1.807) is 7.11 Å². The fraction of sp³-hybridized carbons (Fsp3) is 0.500. The number of carboxylic acid groups (broad SMARTS) is 1. The number of hydrogen-bond acceptors (Lipinski definition) is 2. The molecule has 1 aliphatic rings. The van der Waals surface area contributed by atoms with Crippen LogP contribution in [0.15, 0.2) is 18.2 Å². The Morgan fingerprint density at radius 3 is 2.47 bits per heavy atom. The predicted octanol–water partition coefficient (Wildman–Crippen LogP) is 2.93. The number of carboxylic acids is 1. The van der Waals surface area contributed by atoms with Crippen LogP contribution < -0.4 is 4.74 Å². The van der Waals surface area contributed by atoms with Gasteiger partial charge >= 0.3 is 5.97 Å². The van der Waals surface area contributed by atoms with Gasteiger partial charge in [0.2, 0.25) is 0 Å². The number of methoxy groups -OCH3 is 1. The molecule has 1 aromatic rings. The molecule has 0 bridgehead atoms. The van der Waals surface area contributed by atoms with Gasteiger partial charge in [-0.3, -0.25) is 4.79 Å². The predicted molar refractivity (Wildman–Crippen MR) is 65.6 cm³/mol. The third kappa shape index (κ3) is 1.90. The third-order valence-electron chi connectivity index (χ3n) is 3.57. The van der Waals surface area contributed by atoms with E-state index in [9.17, 15) is 9.90 Å². The Bertz CT molecular complexity index is 445. The number of hydrogen-bond donors (Lipinski definition) is 1. The lowest BCUT2D eigenvalue weighted by Crippen LogP contribution is -2.20. The zero-order valence-corrected chi connectivity index (χ0v) is 10.5. The van der Waals surface area contributed by atoms with Crippen LogP contribution in [0.3, 0.4) is 0 Å². The van der Waals surface area contributed by atoms with Gasteiger partial charge in [-0.1, -0.05) is 26.0 Å². The minimum Gasteiger partial charge on any atom is -0.496 e. The molecule has 1 saturated carbocycles. The highest BCUT2D eigenvalue weighted by Crippen LogP contribution is 2.51. The molecule has 1 aliphatic carbocycles. The molecule has 0 aromatic heterocycles. The SMILES string of the molecule is COc1cc(C(C)C)ccc1C1(C(=O)O)CC1. The van der Waals surface area contributed by atoms with Crippen molar-refractivity contribution in [3.05, 3.63) is 29.3 Å². The second kappa shape index (κ2) is 4.06. The quantitative estimate of drug-likeness (QED) is 0.871. The molecule has 3 nitrogen and oxygen atoms in total. The summed E-state index contributed by atoms with van der Waals surface area (Å²) in [4.78, 5) is 11.3. The van der Waals surface area contributed by atoms with E-state index in [-0.39, 0.29) is 0 Å². The normalized spacial score (nSPS) is 16.9. The second-order valence-electron chi connectivity index (χ2n) is 5.00. The first-order valence-corrected chi connectivity index (χ1v) is 5.93. The second-order valence-corrected chi connectivity index (χ2v) is 5.00. The Labute approximate surface area is 101 Å². The van der Waals surface area contributed by atoms with Crippen LogP contribution in [0.25, 0.3) is 0 Å². The molecule has 0 amide bonds. The summed E-state index contributed by atoms with van der Waals surface area (Å²) in [6.45, 7) is 4.22. The molecule has 17 heavy (non-hydrogen) atoms. The minimum absolute atomic E-state index is 0.415. The van der Waals surface area contributed by atoms with Crippen LogP contribution in [0.1, 0.15) is 43.7 Å². The zero-order valence-electron chi connectivity index (χ0n) is 10.5. The first kappa shape index (κ1) is 12.0. The summed E-state index contributed by atoms with van der Waals surface area (Å²) in [5.74, 6) is 0.377. The number of carbonyl (C=O) groups is 1. The average Bonchev–Trinajstić information content (AvgIpc) is 3.09. The van der Waals surface area contributed by atoms with E-state index < -0.39 is 11.4 Å². The largest absolute Gasteiger partial charge is 0.496 e. The van der Waals surface area contributed by atoms with E-state index in [4.69, 9.17) is 4.74 Å². The van der Waals surface area contributed by atoms with Gasteiger partial charge < -0.3 is 9.84 Å². The Kier molecular flexibility index (Phi) is 2.86. The maximum Gasteiger partial charge on any atom is 0.314 e. The van der Waals surface area contributed by atoms with Crippen LogP contribution in [0.4, 0.5) is 0 Å². The van der Waals surface area contributed by atoms with E-state index >= 15 is 0 Å².